The molecule has 1 fully saturated rings. The van der Waals surface area contributed by atoms with Crippen molar-refractivity contribution in [1.82, 2.24) is 0 Å². The van der Waals surface area contributed by atoms with Gasteiger partial charge in [0.2, 0.25) is 0 Å². The number of hydrogen-bond donors (Lipinski definition) is 2. The Hall–Kier alpha value is 0.610. The van der Waals surface area contributed by atoms with Crippen LogP contribution >= 0.6 is 0 Å². The van der Waals surface area contributed by atoms with Gasteiger partial charge in [-0.25, -0.2) is 0 Å². The molecule has 0 amide bonds. The second-order valence-corrected chi connectivity index (χ2v) is 4.67. The first-order chi connectivity index (χ1) is 4.77. The van der Waals surface area contributed by atoms with E-state index in [1.54, 1.807) is 0 Å². The number of ether oxygens (including phenoxy) is 1. The first-order valence-electron chi connectivity index (χ1n) is 3.31. The van der Waals surface area contributed by atoms with Gasteiger partial charge in [0.25, 0.3) is 0 Å². The summed E-state index contributed by atoms with van der Waals surface area (Å²) in [5, 5.41) is 8.77. The van der Waals surface area contributed by atoms with E-state index in [9.17, 15) is 0 Å². The molecule has 1 rings (SSSR count). The molecule has 3 atom stereocenters. The summed E-state index contributed by atoms with van der Waals surface area (Å²) >= 11 is -0.755. The number of aliphatic hydroxyl groups is 1. The molecule has 0 saturated carbocycles. The van der Waals surface area contributed by atoms with Gasteiger partial charge in [-0.3, -0.25) is 0 Å². The fourth-order valence-corrected chi connectivity index (χ4v) is 2.87. The van der Waals surface area contributed by atoms with E-state index in [0.717, 1.165) is 6.42 Å². The topological polar surface area (TPSA) is 49.7 Å². The maximum absolute atomic E-state index is 8.90. The molecule has 4 heteroatoms. The standard InChI is InChI=1S/C6H12IO3/c1-4-2-5(7-9)6(3-8)10-4/h4-6,8-9H,2-3H2,1H3/q-1/t4-,5?,6?/m1/s1. The number of rotatable bonds is 2. The molecule has 0 aromatic carbocycles. The van der Waals surface area contributed by atoms with Crippen LogP contribution in [0.15, 0.2) is 0 Å². The third-order valence-corrected chi connectivity index (χ3v) is 3.70. The number of alkyl halides is 1. The van der Waals surface area contributed by atoms with E-state index < -0.39 is 21.6 Å². The zero-order valence-corrected chi connectivity index (χ0v) is 7.98. The number of halogens is 1. The minimum atomic E-state index is -0.755. The Bertz CT molecular complexity index is 97.2. The van der Waals surface area contributed by atoms with Crippen LogP contribution in [0.5, 0.6) is 0 Å². The molecule has 1 saturated heterocycles. The Kier molecular flexibility index (Phi) is 3.35. The third kappa shape index (κ3) is 1.81. The molecule has 0 aliphatic carbocycles. The molecule has 1 aliphatic rings. The first kappa shape index (κ1) is 8.70. The molecule has 1 aliphatic heterocycles. The molecule has 10 heavy (non-hydrogen) atoms. The molecule has 1 heterocycles. The fraction of sp³-hybridized carbons (Fsp3) is 1.00. The van der Waals surface area contributed by atoms with Crippen molar-refractivity contribution in [1.29, 1.82) is 0 Å². The van der Waals surface area contributed by atoms with Crippen molar-refractivity contribution >= 4 is 0 Å². The number of aliphatic hydroxyl groups excluding tert-OH is 1. The average Bonchev–Trinajstić information content (AvgIpc) is 2.30. The van der Waals surface area contributed by atoms with Gasteiger partial charge in [-0.1, -0.05) is 0 Å². The Labute approximate surface area is 71.2 Å². The Morgan fingerprint density at radius 3 is 2.80 bits per heavy atom. The molecule has 3 nitrogen and oxygen atoms in total. The molecule has 2 N–H and O–H groups in total. The minimum absolute atomic E-state index is 0.0509. The van der Waals surface area contributed by atoms with E-state index >= 15 is 0 Å². The van der Waals surface area contributed by atoms with Crippen molar-refractivity contribution in [3.8, 4) is 0 Å². The van der Waals surface area contributed by atoms with Crippen molar-refractivity contribution in [3.05, 3.63) is 0 Å². The van der Waals surface area contributed by atoms with Crippen LogP contribution in [0.25, 0.3) is 0 Å². The van der Waals surface area contributed by atoms with Gasteiger partial charge in [0.1, 0.15) is 0 Å². The molecule has 0 aromatic heterocycles. The predicted octanol–water partition coefficient (Wildman–Crippen LogP) is -3.48. The third-order valence-electron chi connectivity index (χ3n) is 1.67. The van der Waals surface area contributed by atoms with Gasteiger partial charge in [-0.15, -0.1) is 0 Å². The summed E-state index contributed by atoms with van der Waals surface area (Å²) < 4.78 is 14.5. The summed E-state index contributed by atoms with van der Waals surface area (Å²) in [5.74, 6) is 0. The second-order valence-electron chi connectivity index (χ2n) is 2.52. The molecule has 2 unspecified atom stereocenters. The normalized spacial score (nSPS) is 40.9. The van der Waals surface area contributed by atoms with E-state index in [4.69, 9.17) is 13.3 Å². The van der Waals surface area contributed by atoms with Gasteiger partial charge >= 0.3 is 71.0 Å². The van der Waals surface area contributed by atoms with Gasteiger partial charge in [0.05, 0.1) is 0 Å². The van der Waals surface area contributed by atoms with Crippen molar-refractivity contribution in [2.75, 3.05) is 6.61 Å². The van der Waals surface area contributed by atoms with Crippen LogP contribution in [0.1, 0.15) is 13.3 Å². The van der Waals surface area contributed by atoms with Crippen molar-refractivity contribution < 1.29 is 34.9 Å². The van der Waals surface area contributed by atoms with Crippen LogP contribution in [0.4, 0.5) is 0 Å². The quantitative estimate of drug-likeness (QED) is 0.400. The van der Waals surface area contributed by atoms with Gasteiger partial charge < -0.3 is 0 Å². The van der Waals surface area contributed by atoms with E-state index in [1.807, 2.05) is 6.92 Å². The summed E-state index contributed by atoms with van der Waals surface area (Å²) in [4.78, 5) is 0. The van der Waals surface area contributed by atoms with Gasteiger partial charge in [-0.2, -0.15) is 0 Å². The van der Waals surface area contributed by atoms with Crippen LogP contribution in [0.2, 0.25) is 0 Å². The average molecular weight is 259 g/mol. The molecular formula is C6H12IO3-. The van der Waals surface area contributed by atoms with Gasteiger partial charge in [-0.05, 0) is 0 Å². The summed E-state index contributed by atoms with van der Waals surface area (Å²) in [7, 11) is 0. The first-order valence-corrected chi connectivity index (χ1v) is 5.52. The van der Waals surface area contributed by atoms with E-state index in [1.165, 1.54) is 0 Å². The predicted molar refractivity (Wildman–Crippen MR) is 32.0 cm³/mol. The van der Waals surface area contributed by atoms with Crippen molar-refractivity contribution in [2.45, 2.75) is 29.5 Å². The van der Waals surface area contributed by atoms with Gasteiger partial charge in [0.15, 0.2) is 0 Å². The van der Waals surface area contributed by atoms with E-state index in [2.05, 4.69) is 0 Å². The Morgan fingerprint density at radius 1 is 1.70 bits per heavy atom. The van der Waals surface area contributed by atoms with Crippen LogP contribution < -0.4 is 21.6 Å². The summed E-state index contributed by atoms with van der Waals surface area (Å²) in [6.45, 7) is 2.03. The molecule has 0 bridgehead atoms. The Morgan fingerprint density at radius 2 is 2.40 bits per heavy atom. The zero-order chi connectivity index (χ0) is 7.56. The van der Waals surface area contributed by atoms with Crippen molar-refractivity contribution in [2.24, 2.45) is 0 Å². The molecule has 0 spiro atoms. The Balaban J connectivity index is 2.41. The van der Waals surface area contributed by atoms with E-state index in [0.29, 0.717) is 0 Å². The van der Waals surface area contributed by atoms with Crippen LogP contribution in [0, 0.1) is 0 Å². The second kappa shape index (κ2) is 3.85. The maximum atomic E-state index is 8.90. The van der Waals surface area contributed by atoms with E-state index in [-0.39, 0.29) is 22.7 Å². The van der Waals surface area contributed by atoms with Crippen molar-refractivity contribution in [3.63, 3.8) is 0 Å². The number of hydrogen-bond acceptors (Lipinski definition) is 3. The van der Waals surface area contributed by atoms with Gasteiger partial charge in [0, 0.05) is 0 Å². The summed E-state index contributed by atoms with van der Waals surface area (Å²) in [5.41, 5.74) is 0. The zero-order valence-electron chi connectivity index (χ0n) is 5.83. The van der Waals surface area contributed by atoms with Crippen LogP contribution in [-0.4, -0.2) is 31.3 Å². The van der Waals surface area contributed by atoms with Crippen LogP contribution in [-0.2, 0) is 4.74 Å². The molecule has 62 valence electrons. The molecular weight excluding hydrogens is 247 g/mol. The van der Waals surface area contributed by atoms with Crippen LogP contribution in [0.3, 0.4) is 0 Å². The summed E-state index contributed by atoms with van der Waals surface area (Å²) in [6.07, 6.45) is 1.04. The summed E-state index contributed by atoms with van der Waals surface area (Å²) in [6, 6.07) is 0. The SMILES string of the molecule is C[C@@H]1CC([I-]O)C(CO)O1. The fourth-order valence-electron chi connectivity index (χ4n) is 1.17. The molecule has 0 radical (unpaired) electrons. The molecule has 0 aromatic rings. The monoisotopic (exact) mass is 259 g/mol.